The molecule has 1 fully saturated rings. The van der Waals surface area contributed by atoms with Gasteiger partial charge >= 0.3 is 0 Å². The predicted molar refractivity (Wildman–Crippen MR) is 84.1 cm³/mol. The maximum atomic E-state index is 6.34. The van der Waals surface area contributed by atoms with E-state index < -0.39 is 0 Å². The van der Waals surface area contributed by atoms with Gasteiger partial charge in [0, 0.05) is 23.8 Å². The molecule has 0 radical (unpaired) electrons. The minimum atomic E-state index is 0.460. The van der Waals surface area contributed by atoms with Gasteiger partial charge in [-0.05, 0) is 55.3 Å². The monoisotopic (exact) mass is 280 g/mol. The summed E-state index contributed by atoms with van der Waals surface area (Å²) in [6, 6.07) is 6.21. The van der Waals surface area contributed by atoms with E-state index in [0.717, 1.165) is 24.5 Å². The topological polar surface area (TPSA) is 29.3 Å². The van der Waals surface area contributed by atoms with E-state index in [2.05, 4.69) is 24.8 Å². The third-order valence-corrected chi connectivity index (χ3v) is 4.52. The summed E-state index contributed by atoms with van der Waals surface area (Å²) >= 11 is 6.34. The van der Waals surface area contributed by atoms with Crippen LogP contribution in [0.4, 0.5) is 5.69 Å². The van der Waals surface area contributed by atoms with Crippen LogP contribution < -0.4 is 10.6 Å². The van der Waals surface area contributed by atoms with E-state index in [-0.39, 0.29) is 0 Å². The Kier molecular flexibility index (Phi) is 4.75. The van der Waals surface area contributed by atoms with Gasteiger partial charge in [0.25, 0.3) is 0 Å². The maximum Gasteiger partial charge on any atom is 0.0459 e. The van der Waals surface area contributed by atoms with E-state index in [0.29, 0.717) is 12.0 Å². The Morgan fingerprint density at radius 2 is 2.05 bits per heavy atom. The lowest BCUT2D eigenvalue weighted by Gasteiger charge is -2.27. The molecule has 2 rings (SSSR count). The summed E-state index contributed by atoms with van der Waals surface area (Å²) in [5, 5.41) is 0.853. The quantitative estimate of drug-likeness (QED) is 0.911. The highest BCUT2D eigenvalue weighted by molar-refractivity contribution is 6.31. The third kappa shape index (κ3) is 3.64. The van der Waals surface area contributed by atoms with Gasteiger partial charge in [0.05, 0.1) is 0 Å². The molecule has 0 aliphatic carbocycles. The molecule has 1 heterocycles. The normalized spacial score (nSPS) is 19.3. The van der Waals surface area contributed by atoms with Crippen molar-refractivity contribution in [3.8, 4) is 0 Å². The van der Waals surface area contributed by atoms with Crippen molar-refractivity contribution < 1.29 is 0 Å². The highest BCUT2D eigenvalue weighted by Crippen LogP contribution is 2.34. The number of hydrogen-bond donors (Lipinski definition) is 1. The second kappa shape index (κ2) is 6.15. The number of hydrogen-bond acceptors (Lipinski definition) is 2. The number of halogens is 1. The van der Waals surface area contributed by atoms with Crippen LogP contribution in [0.3, 0.4) is 0 Å². The summed E-state index contributed by atoms with van der Waals surface area (Å²) in [6.07, 6.45) is 4.65. The van der Waals surface area contributed by atoms with Gasteiger partial charge in [0.15, 0.2) is 0 Å². The minimum Gasteiger partial charge on any atom is -0.371 e. The zero-order valence-corrected chi connectivity index (χ0v) is 12.8. The molecular weight excluding hydrogens is 256 g/mol. The number of anilines is 1. The summed E-state index contributed by atoms with van der Waals surface area (Å²) in [6.45, 7) is 7.63. The number of rotatable bonds is 3. The van der Waals surface area contributed by atoms with Crippen molar-refractivity contribution in [3.05, 3.63) is 28.8 Å². The molecule has 1 aliphatic rings. The lowest BCUT2D eigenvalue weighted by molar-refractivity contribution is 0.325. The predicted octanol–water partition coefficient (Wildman–Crippen LogP) is 3.86. The molecule has 19 heavy (non-hydrogen) atoms. The minimum absolute atomic E-state index is 0.460. The number of nitrogens with two attached hydrogens (primary N) is 1. The van der Waals surface area contributed by atoms with Crippen LogP contribution in [0, 0.1) is 5.41 Å². The molecule has 0 amide bonds. The van der Waals surface area contributed by atoms with Crippen molar-refractivity contribution in [2.24, 2.45) is 11.1 Å². The van der Waals surface area contributed by atoms with Crippen LogP contribution in [0.1, 0.15) is 38.7 Å². The van der Waals surface area contributed by atoms with Crippen LogP contribution >= 0.6 is 11.6 Å². The summed E-state index contributed by atoms with van der Waals surface area (Å²) in [7, 11) is 0. The lowest BCUT2D eigenvalue weighted by atomic mass is 9.85. The number of nitrogens with zero attached hydrogens (tertiary/aromatic N) is 1. The average Bonchev–Trinajstić information content (AvgIpc) is 2.53. The zero-order valence-electron chi connectivity index (χ0n) is 12.1. The highest BCUT2D eigenvalue weighted by Gasteiger charge is 2.24. The molecule has 1 aromatic carbocycles. The Morgan fingerprint density at radius 1 is 1.26 bits per heavy atom. The Morgan fingerprint density at radius 3 is 2.79 bits per heavy atom. The molecule has 0 bridgehead atoms. The van der Waals surface area contributed by atoms with E-state index in [1.807, 2.05) is 12.1 Å². The molecule has 0 spiro atoms. The molecular formula is C16H25ClN2. The third-order valence-electron chi connectivity index (χ3n) is 4.17. The molecule has 1 saturated heterocycles. The molecule has 1 aliphatic heterocycles. The first-order valence-electron chi connectivity index (χ1n) is 7.26. The van der Waals surface area contributed by atoms with Crippen LogP contribution in [-0.2, 0) is 6.42 Å². The Balaban J connectivity index is 2.23. The van der Waals surface area contributed by atoms with Gasteiger partial charge in [0.2, 0.25) is 0 Å². The zero-order chi connectivity index (χ0) is 13.9. The van der Waals surface area contributed by atoms with Crippen LogP contribution in [0.5, 0.6) is 0 Å². The van der Waals surface area contributed by atoms with Crippen LogP contribution in [0.2, 0.25) is 5.02 Å². The first kappa shape index (κ1) is 14.7. The molecule has 2 N–H and O–H groups in total. The van der Waals surface area contributed by atoms with Crippen molar-refractivity contribution in [3.63, 3.8) is 0 Å². The summed E-state index contributed by atoms with van der Waals surface area (Å²) in [4.78, 5) is 2.49. The SMILES string of the molecule is CC1(C)CCCN(c2cccc(Cl)c2CCN)CC1. The van der Waals surface area contributed by atoms with Crippen molar-refractivity contribution in [1.29, 1.82) is 0 Å². The van der Waals surface area contributed by atoms with E-state index in [1.54, 1.807) is 0 Å². The fourth-order valence-corrected chi connectivity index (χ4v) is 3.16. The summed E-state index contributed by atoms with van der Waals surface area (Å²) < 4.78 is 0. The largest absolute Gasteiger partial charge is 0.371 e. The highest BCUT2D eigenvalue weighted by atomic mass is 35.5. The van der Waals surface area contributed by atoms with Gasteiger partial charge < -0.3 is 10.6 Å². The summed E-state index contributed by atoms with van der Waals surface area (Å²) in [5.74, 6) is 0. The van der Waals surface area contributed by atoms with Gasteiger partial charge in [-0.3, -0.25) is 0 Å². The van der Waals surface area contributed by atoms with E-state index in [1.165, 1.54) is 30.5 Å². The fourth-order valence-electron chi connectivity index (χ4n) is 2.90. The second-order valence-corrected chi connectivity index (χ2v) is 6.69. The average molecular weight is 281 g/mol. The van der Waals surface area contributed by atoms with Crippen LogP contribution in [0.25, 0.3) is 0 Å². The van der Waals surface area contributed by atoms with Crippen LogP contribution in [-0.4, -0.2) is 19.6 Å². The molecule has 0 aromatic heterocycles. The standard InChI is InChI=1S/C16H25ClN2/c1-16(2)8-4-11-19(12-9-16)15-6-3-5-14(17)13(15)7-10-18/h3,5-6H,4,7-12,18H2,1-2H3. The van der Waals surface area contributed by atoms with Gasteiger partial charge in [-0.2, -0.15) is 0 Å². The molecule has 3 heteroatoms. The Labute approximate surface area is 121 Å². The Bertz CT molecular complexity index is 429. The first-order chi connectivity index (χ1) is 9.03. The van der Waals surface area contributed by atoms with Gasteiger partial charge in [0.1, 0.15) is 0 Å². The van der Waals surface area contributed by atoms with Gasteiger partial charge in [-0.25, -0.2) is 0 Å². The molecule has 0 unspecified atom stereocenters. The lowest BCUT2D eigenvalue weighted by Crippen LogP contribution is -2.26. The molecule has 106 valence electrons. The van der Waals surface area contributed by atoms with Crippen molar-refractivity contribution in [1.82, 2.24) is 0 Å². The summed E-state index contributed by atoms with van der Waals surface area (Å²) in [5.41, 5.74) is 8.69. The molecule has 0 atom stereocenters. The molecule has 2 nitrogen and oxygen atoms in total. The smallest absolute Gasteiger partial charge is 0.0459 e. The van der Waals surface area contributed by atoms with E-state index in [9.17, 15) is 0 Å². The number of benzene rings is 1. The van der Waals surface area contributed by atoms with Gasteiger partial charge in [-0.1, -0.05) is 31.5 Å². The molecule has 1 aromatic rings. The van der Waals surface area contributed by atoms with Crippen LogP contribution in [0.15, 0.2) is 18.2 Å². The van der Waals surface area contributed by atoms with Gasteiger partial charge in [-0.15, -0.1) is 0 Å². The van der Waals surface area contributed by atoms with Crippen molar-refractivity contribution >= 4 is 17.3 Å². The first-order valence-corrected chi connectivity index (χ1v) is 7.64. The molecule has 0 saturated carbocycles. The Hall–Kier alpha value is -0.730. The maximum absolute atomic E-state index is 6.34. The van der Waals surface area contributed by atoms with Crippen molar-refractivity contribution in [2.45, 2.75) is 39.5 Å². The fraction of sp³-hybridized carbons (Fsp3) is 0.625. The second-order valence-electron chi connectivity index (χ2n) is 6.28. The van der Waals surface area contributed by atoms with E-state index in [4.69, 9.17) is 17.3 Å². The van der Waals surface area contributed by atoms with Crippen molar-refractivity contribution in [2.75, 3.05) is 24.5 Å². The van der Waals surface area contributed by atoms with E-state index >= 15 is 0 Å².